The van der Waals surface area contributed by atoms with Gasteiger partial charge in [0, 0.05) is 39.2 Å². The molecular formula is C56H37NO. The third-order valence-corrected chi connectivity index (χ3v) is 10.3. The van der Waals surface area contributed by atoms with E-state index in [4.69, 9.17) is 15.4 Å². The van der Waals surface area contributed by atoms with E-state index in [1.54, 1.807) is 11.0 Å². The zero-order valence-electron chi connectivity index (χ0n) is 45.6. The van der Waals surface area contributed by atoms with E-state index in [0.29, 0.717) is 27.9 Å². The summed E-state index contributed by atoms with van der Waals surface area (Å²) in [5, 5.41) is 2.17. The highest BCUT2D eigenvalue weighted by molar-refractivity contribution is 6.11. The average molecular weight is 755 g/mol. The molecule has 11 aromatic rings. The number of anilines is 3. The van der Waals surface area contributed by atoms with Gasteiger partial charge in [-0.15, -0.1) is 0 Å². The minimum Gasteiger partial charge on any atom is -0.455 e. The van der Waals surface area contributed by atoms with Crippen LogP contribution >= 0.6 is 0 Å². The number of nitrogens with zero attached hydrogens (tertiary/aromatic N) is 1. The van der Waals surface area contributed by atoms with E-state index in [1.165, 1.54) is 0 Å². The zero-order chi connectivity index (χ0) is 51.5. The summed E-state index contributed by atoms with van der Waals surface area (Å²) in [7, 11) is 0. The Balaban J connectivity index is 1.20. The zero-order valence-corrected chi connectivity index (χ0v) is 30.6. The highest BCUT2D eigenvalue weighted by Gasteiger charge is 2.20. The molecule has 58 heavy (non-hydrogen) atoms. The van der Waals surface area contributed by atoms with Crippen molar-refractivity contribution in [2.75, 3.05) is 4.90 Å². The van der Waals surface area contributed by atoms with Crippen molar-refractivity contribution in [3.8, 4) is 44.5 Å². The van der Waals surface area contributed by atoms with Gasteiger partial charge >= 0.3 is 0 Å². The summed E-state index contributed by atoms with van der Waals surface area (Å²) < 4.78 is 143. The second kappa shape index (κ2) is 14.1. The third kappa shape index (κ3) is 5.82. The first-order valence-corrected chi connectivity index (χ1v) is 18.6. The molecule has 0 bridgehead atoms. The molecule has 2 nitrogen and oxygen atoms in total. The third-order valence-electron chi connectivity index (χ3n) is 10.3. The molecule has 0 aliphatic rings. The Morgan fingerprint density at radius 3 is 1.88 bits per heavy atom. The van der Waals surface area contributed by atoms with Gasteiger partial charge in [0.05, 0.1) is 26.2 Å². The summed E-state index contributed by atoms with van der Waals surface area (Å²) in [5.74, 6) is 0. The van der Waals surface area contributed by atoms with E-state index < -0.39 is 124 Å². The average Bonchev–Trinajstić information content (AvgIpc) is 3.79. The molecule has 1 heterocycles. The van der Waals surface area contributed by atoms with Crippen molar-refractivity contribution in [2.45, 2.75) is 0 Å². The maximum absolute atomic E-state index is 9.85. The van der Waals surface area contributed by atoms with E-state index in [-0.39, 0.29) is 5.69 Å². The molecule has 0 atom stereocenters. The van der Waals surface area contributed by atoms with Gasteiger partial charge in [-0.2, -0.15) is 0 Å². The normalized spacial score (nSPS) is 15.1. The quantitative estimate of drug-likeness (QED) is 0.161. The summed E-state index contributed by atoms with van der Waals surface area (Å²) in [4.78, 5) is 1.62. The minimum atomic E-state index is -0.790. The monoisotopic (exact) mass is 754 g/mol. The van der Waals surface area contributed by atoms with Gasteiger partial charge in [-0.3, -0.25) is 0 Å². The Morgan fingerprint density at radius 2 is 1.09 bits per heavy atom. The van der Waals surface area contributed by atoms with Crippen LogP contribution in [0.25, 0.3) is 88.0 Å². The Kier molecular flexibility index (Phi) is 5.25. The molecule has 0 saturated carbocycles. The highest BCUT2D eigenvalue weighted by atomic mass is 16.3. The lowest BCUT2D eigenvalue weighted by Gasteiger charge is -2.27. The lowest BCUT2D eigenvalue weighted by atomic mass is 9.94. The molecule has 0 radical (unpaired) electrons. The van der Waals surface area contributed by atoms with Crippen molar-refractivity contribution < 1.29 is 25.0 Å². The van der Waals surface area contributed by atoms with Gasteiger partial charge in [-0.25, -0.2) is 0 Å². The highest BCUT2D eigenvalue weighted by Crippen LogP contribution is 2.45. The van der Waals surface area contributed by atoms with Crippen molar-refractivity contribution in [2.24, 2.45) is 0 Å². The molecule has 2 heteroatoms. The standard InChI is InChI=1S/C56H37NO/c1-4-14-39(15-5-1)46-23-12-20-42-26-27-43(36-53(42)46)38-28-30-44(31-29-38)57(54-35-34-47(40-16-6-2-7-17-40)49-21-10-11-22-50(49)54)45-32-33-51-52-25-13-24-48(41-18-8-3-9-19-41)56(52)58-55(51)37-45/h1-37H/i1D,4D,5D,12D,14D,15D,20D,23D,26D,27D,28D,29D,30D,31D,36D. The van der Waals surface area contributed by atoms with Gasteiger partial charge in [0.1, 0.15) is 11.2 Å². The molecule has 0 amide bonds. The molecule has 0 aliphatic carbocycles. The van der Waals surface area contributed by atoms with Crippen molar-refractivity contribution in [1.29, 1.82) is 0 Å². The predicted molar refractivity (Wildman–Crippen MR) is 245 cm³/mol. The van der Waals surface area contributed by atoms with Gasteiger partial charge < -0.3 is 9.32 Å². The van der Waals surface area contributed by atoms with Crippen LogP contribution in [0.4, 0.5) is 17.1 Å². The SMILES string of the molecule is [2H]c1c([2H])c([2H])c(-c2c([2H])c([2H])c([2H])c3c([2H])c([2H])c(-c4c([2H])c([2H])c(N(c5ccc6c(c5)oc5c(-c7ccccc7)cccc56)c5ccc(-c6ccccc6)c6ccccc56)c([2H])c4[2H])c([2H])c23)c([2H])c1[2H]. The largest absolute Gasteiger partial charge is 0.455 e. The van der Waals surface area contributed by atoms with Crippen molar-refractivity contribution >= 4 is 60.5 Å². The van der Waals surface area contributed by atoms with E-state index in [2.05, 4.69) is 0 Å². The lowest BCUT2D eigenvalue weighted by molar-refractivity contribution is 0.670. The molecule has 0 fully saturated rings. The fourth-order valence-corrected chi connectivity index (χ4v) is 7.64. The van der Waals surface area contributed by atoms with Gasteiger partial charge in [-0.05, 0) is 91.4 Å². The number of furan rings is 1. The maximum Gasteiger partial charge on any atom is 0.143 e. The van der Waals surface area contributed by atoms with Gasteiger partial charge in [0.25, 0.3) is 0 Å². The van der Waals surface area contributed by atoms with E-state index in [9.17, 15) is 9.60 Å². The molecular weight excluding hydrogens is 703 g/mol. The Bertz CT molecular complexity index is 4100. The Hall–Kier alpha value is -7.68. The van der Waals surface area contributed by atoms with Crippen LogP contribution < -0.4 is 4.90 Å². The molecule has 0 aliphatic heterocycles. The number of hydrogen-bond donors (Lipinski definition) is 0. The van der Waals surface area contributed by atoms with E-state index >= 15 is 0 Å². The molecule has 10 aromatic carbocycles. The number of hydrogen-bond acceptors (Lipinski definition) is 2. The molecule has 272 valence electrons. The van der Waals surface area contributed by atoms with Gasteiger partial charge in [-0.1, -0.05) is 182 Å². The summed E-state index contributed by atoms with van der Waals surface area (Å²) in [6, 6.07) is 31.3. The van der Waals surface area contributed by atoms with E-state index in [1.807, 2.05) is 127 Å². The first-order chi connectivity index (χ1) is 35.0. The second-order valence-electron chi connectivity index (χ2n) is 13.7. The van der Waals surface area contributed by atoms with Gasteiger partial charge in [0.15, 0.2) is 0 Å². The molecule has 0 spiro atoms. The topological polar surface area (TPSA) is 16.4 Å². The van der Waals surface area contributed by atoms with Crippen molar-refractivity contribution in [3.63, 3.8) is 0 Å². The van der Waals surface area contributed by atoms with Crippen LogP contribution in [0.2, 0.25) is 0 Å². The Labute approximate surface area is 358 Å². The fourth-order valence-electron chi connectivity index (χ4n) is 7.64. The fraction of sp³-hybridized carbons (Fsp3) is 0. The van der Waals surface area contributed by atoms with Crippen LogP contribution in [0.15, 0.2) is 229 Å². The van der Waals surface area contributed by atoms with Crippen LogP contribution in [0.5, 0.6) is 0 Å². The first-order valence-electron chi connectivity index (χ1n) is 26.1. The van der Waals surface area contributed by atoms with Gasteiger partial charge in [0.2, 0.25) is 0 Å². The van der Waals surface area contributed by atoms with Crippen molar-refractivity contribution in [3.05, 3.63) is 224 Å². The van der Waals surface area contributed by atoms with Crippen LogP contribution in [-0.2, 0) is 0 Å². The van der Waals surface area contributed by atoms with Crippen LogP contribution in [0, 0.1) is 0 Å². The number of para-hydroxylation sites is 1. The first kappa shape index (κ1) is 21.6. The number of rotatable bonds is 7. The summed E-state index contributed by atoms with van der Waals surface area (Å²) in [6.07, 6.45) is 0. The summed E-state index contributed by atoms with van der Waals surface area (Å²) in [6.45, 7) is 0. The predicted octanol–water partition coefficient (Wildman–Crippen LogP) is 16.0. The second-order valence-corrected chi connectivity index (χ2v) is 13.7. The molecule has 0 unspecified atom stereocenters. The maximum atomic E-state index is 9.85. The Morgan fingerprint density at radius 1 is 0.379 bits per heavy atom. The van der Waals surface area contributed by atoms with Crippen molar-refractivity contribution in [1.82, 2.24) is 0 Å². The van der Waals surface area contributed by atoms with Crippen LogP contribution in [0.1, 0.15) is 20.6 Å². The molecule has 1 aromatic heterocycles. The molecule has 0 N–H and O–H groups in total. The summed E-state index contributed by atoms with van der Waals surface area (Å²) in [5.41, 5.74) is 3.17. The number of fused-ring (bicyclic) bond motifs is 5. The number of benzene rings is 10. The summed E-state index contributed by atoms with van der Waals surface area (Å²) >= 11 is 0. The minimum absolute atomic E-state index is 0.206. The van der Waals surface area contributed by atoms with E-state index in [0.717, 1.165) is 38.4 Å². The smallest absolute Gasteiger partial charge is 0.143 e. The van der Waals surface area contributed by atoms with Crippen LogP contribution in [-0.4, -0.2) is 0 Å². The molecule has 11 rings (SSSR count). The lowest BCUT2D eigenvalue weighted by Crippen LogP contribution is -2.10. The molecule has 0 saturated heterocycles. The van der Waals surface area contributed by atoms with Crippen LogP contribution in [0.3, 0.4) is 0 Å².